The molecule has 25 heavy (non-hydrogen) atoms. The molecule has 0 N–H and O–H groups in total. The van der Waals surface area contributed by atoms with Gasteiger partial charge >= 0.3 is 0 Å². The molecule has 7 heteroatoms. The number of rotatable bonds is 7. The van der Waals surface area contributed by atoms with E-state index in [1.165, 1.54) is 10.4 Å². The van der Waals surface area contributed by atoms with Gasteiger partial charge in [0, 0.05) is 37.7 Å². The smallest absolute Gasteiger partial charge is 0.224 e. The Morgan fingerprint density at radius 2 is 2.04 bits per heavy atom. The summed E-state index contributed by atoms with van der Waals surface area (Å²) in [5.74, 6) is -0.460. The largest absolute Gasteiger partial charge is 0.340 e. The normalized spacial score (nSPS) is 18.6. The maximum Gasteiger partial charge on any atom is 0.224 e. The Bertz CT molecular complexity index is 693. The second kappa shape index (κ2) is 8.76. The summed E-state index contributed by atoms with van der Waals surface area (Å²) in [5.41, 5.74) is 0.310. The molecule has 1 aromatic rings. The summed E-state index contributed by atoms with van der Waals surface area (Å²) in [6, 6.07) is 6.35. The Kier molecular flexibility index (Phi) is 6.95. The van der Waals surface area contributed by atoms with Crippen molar-refractivity contribution in [1.82, 2.24) is 9.21 Å². The second-order valence-electron chi connectivity index (χ2n) is 6.58. The van der Waals surface area contributed by atoms with Gasteiger partial charge in [-0.3, -0.25) is 4.79 Å². The van der Waals surface area contributed by atoms with Crippen LogP contribution in [0.15, 0.2) is 24.3 Å². The Morgan fingerprint density at radius 1 is 1.32 bits per heavy atom. The average molecular weight is 370 g/mol. The molecule has 140 valence electrons. The molecule has 0 aliphatic carbocycles. The highest BCUT2D eigenvalue weighted by molar-refractivity contribution is 7.88. The van der Waals surface area contributed by atoms with Crippen LogP contribution in [0.25, 0.3) is 0 Å². The van der Waals surface area contributed by atoms with Gasteiger partial charge in [-0.15, -0.1) is 0 Å². The van der Waals surface area contributed by atoms with Crippen LogP contribution in [0.2, 0.25) is 0 Å². The van der Waals surface area contributed by atoms with E-state index in [9.17, 15) is 17.6 Å². The van der Waals surface area contributed by atoms with E-state index in [0.717, 1.165) is 38.5 Å². The maximum atomic E-state index is 13.8. The van der Waals surface area contributed by atoms with Crippen LogP contribution in [-0.4, -0.2) is 48.9 Å². The lowest BCUT2D eigenvalue weighted by atomic mass is 9.99. The molecular formula is C18H27FN2O3S. The summed E-state index contributed by atoms with van der Waals surface area (Å²) in [6.45, 7) is 2.82. The monoisotopic (exact) mass is 370 g/mol. The number of piperidine rings is 1. The van der Waals surface area contributed by atoms with Gasteiger partial charge in [0.15, 0.2) is 0 Å². The summed E-state index contributed by atoms with van der Waals surface area (Å²) < 4.78 is 39.1. The van der Waals surface area contributed by atoms with Gasteiger partial charge in [0.05, 0.1) is 6.26 Å². The predicted octanol–water partition coefficient (Wildman–Crippen LogP) is 2.77. The molecule has 0 radical (unpaired) electrons. The molecule has 1 aliphatic rings. The van der Waals surface area contributed by atoms with Gasteiger partial charge in [0.1, 0.15) is 5.82 Å². The van der Waals surface area contributed by atoms with Gasteiger partial charge in [-0.2, -0.15) is 4.31 Å². The maximum absolute atomic E-state index is 13.8. The summed E-state index contributed by atoms with van der Waals surface area (Å²) in [5, 5.41) is 0. The quantitative estimate of drug-likeness (QED) is 0.742. The van der Waals surface area contributed by atoms with E-state index in [-0.39, 0.29) is 31.5 Å². The van der Waals surface area contributed by atoms with Crippen molar-refractivity contribution >= 4 is 15.9 Å². The van der Waals surface area contributed by atoms with E-state index in [4.69, 9.17) is 0 Å². The molecular weight excluding hydrogens is 343 g/mol. The third-order valence-corrected chi connectivity index (χ3v) is 6.02. The predicted molar refractivity (Wildman–Crippen MR) is 95.9 cm³/mol. The van der Waals surface area contributed by atoms with Crippen LogP contribution < -0.4 is 0 Å². The van der Waals surface area contributed by atoms with E-state index < -0.39 is 15.8 Å². The van der Waals surface area contributed by atoms with Crippen LogP contribution in [-0.2, 0) is 21.4 Å². The summed E-state index contributed by atoms with van der Waals surface area (Å²) in [4.78, 5) is 14.4. The molecule has 0 aromatic heterocycles. The van der Waals surface area contributed by atoms with E-state index in [1.54, 1.807) is 18.2 Å². The van der Waals surface area contributed by atoms with Crippen molar-refractivity contribution in [2.45, 2.75) is 51.6 Å². The van der Waals surface area contributed by atoms with E-state index in [1.807, 2.05) is 4.90 Å². The van der Waals surface area contributed by atoms with E-state index in [2.05, 4.69) is 6.92 Å². The summed E-state index contributed by atoms with van der Waals surface area (Å²) in [6.07, 6.45) is 5.26. The highest BCUT2D eigenvalue weighted by Crippen LogP contribution is 2.21. The van der Waals surface area contributed by atoms with Crippen LogP contribution in [0.1, 0.15) is 44.6 Å². The van der Waals surface area contributed by atoms with Gasteiger partial charge in [0.2, 0.25) is 15.9 Å². The number of carbonyl (C=O) groups excluding carboxylic acids is 1. The molecule has 5 nitrogen and oxygen atoms in total. The van der Waals surface area contributed by atoms with Crippen molar-refractivity contribution in [1.29, 1.82) is 0 Å². The molecule has 0 spiro atoms. The third kappa shape index (κ3) is 5.51. The van der Waals surface area contributed by atoms with Crippen molar-refractivity contribution in [3.05, 3.63) is 35.6 Å². The molecule has 1 aliphatic heterocycles. The lowest BCUT2D eigenvalue weighted by molar-refractivity contribution is -0.135. The molecule has 0 bridgehead atoms. The zero-order chi connectivity index (χ0) is 18.4. The number of sulfonamides is 1. The summed E-state index contributed by atoms with van der Waals surface area (Å²) >= 11 is 0. The fraction of sp³-hybridized carbons (Fsp3) is 0.611. The Labute approximate surface area is 149 Å². The van der Waals surface area contributed by atoms with Crippen molar-refractivity contribution < 1.29 is 17.6 Å². The first-order valence-electron chi connectivity index (χ1n) is 8.81. The van der Waals surface area contributed by atoms with Crippen LogP contribution in [0.3, 0.4) is 0 Å². The van der Waals surface area contributed by atoms with E-state index in [0.29, 0.717) is 5.56 Å². The first-order chi connectivity index (χ1) is 11.8. The number of benzene rings is 1. The minimum Gasteiger partial charge on any atom is -0.340 e. The van der Waals surface area contributed by atoms with Crippen LogP contribution in [0.5, 0.6) is 0 Å². The van der Waals surface area contributed by atoms with Crippen molar-refractivity contribution in [3.8, 4) is 0 Å². The van der Waals surface area contributed by atoms with Gasteiger partial charge in [-0.1, -0.05) is 25.1 Å². The van der Waals surface area contributed by atoms with Gasteiger partial charge in [-0.05, 0) is 31.7 Å². The first-order valence-corrected chi connectivity index (χ1v) is 10.7. The number of carbonyl (C=O) groups is 1. The minimum atomic E-state index is -3.53. The highest BCUT2D eigenvalue weighted by Gasteiger charge is 2.26. The molecule has 1 atom stereocenters. The second-order valence-corrected chi connectivity index (χ2v) is 8.57. The van der Waals surface area contributed by atoms with Gasteiger partial charge in [-0.25, -0.2) is 12.8 Å². The SMILES string of the molecule is CCC1CCCCN1C(=O)CCN(Cc1ccccc1F)S(C)(=O)=O. The molecule has 1 aromatic carbocycles. The molecule has 1 amide bonds. The van der Waals surface area contributed by atoms with Gasteiger partial charge in [0.25, 0.3) is 0 Å². The zero-order valence-electron chi connectivity index (χ0n) is 14.9. The molecule has 0 saturated carbocycles. The number of hydrogen-bond donors (Lipinski definition) is 0. The third-order valence-electron chi connectivity index (χ3n) is 4.77. The fourth-order valence-electron chi connectivity index (χ4n) is 3.30. The van der Waals surface area contributed by atoms with Crippen LogP contribution in [0, 0.1) is 5.82 Å². The first kappa shape index (κ1) is 19.8. The number of likely N-dealkylation sites (tertiary alicyclic amines) is 1. The van der Waals surface area contributed by atoms with Gasteiger partial charge < -0.3 is 4.90 Å². The Balaban J connectivity index is 2.03. The van der Waals surface area contributed by atoms with Crippen molar-refractivity contribution in [2.75, 3.05) is 19.3 Å². The number of nitrogens with zero attached hydrogens (tertiary/aromatic N) is 2. The topological polar surface area (TPSA) is 57.7 Å². The molecule has 1 unspecified atom stereocenters. The Morgan fingerprint density at radius 3 is 2.68 bits per heavy atom. The lowest BCUT2D eigenvalue weighted by Crippen LogP contribution is -2.44. The fourth-order valence-corrected chi connectivity index (χ4v) is 4.09. The molecule has 1 heterocycles. The molecule has 1 saturated heterocycles. The molecule has 1 fully saturated rings. The standard InChI is InChI=1S/C18H27FN2O3S/c1-3-16-9-6-7-12-21(16)18(22)11-13-20(25(2,23)24)14-15-8-4-5-10-17(15)19/h4-5,8,10,16H,3,6-7,9,11-14H2,1-2H3. The number of amides is 1. The lowest BCUT2D eigenvalue weighted by Gasteiger charge is -2.35. The Hall–Kier alpha value is -1.47. The number of hydrogen-bond acceptors (Lipinski definition) is 3. The van der Waals surface area contributed by atoms with Crippen molar-refractivity contribution in [2.24, 2.45) is 0 Å². The van der Waals surface area contributed by atoms with E-state index >= 15 is 0 Å². The molecule has 2 rings (SSSR count). The highest BCUT2D eigenvalue weighted by atomic mass is 32.2. The average Bonchev–Trinajstić information content (AvgIpc) is 2.58. The van der Waals surface area contributed by atoms with Crippen LogP contribution in [0.4, 0.5) is 4.39 Å². The summed E-state index contributed by atoms with van der Waals surface area (Å²) in [7, 11) is -3.53. The minimum absolute atomic E-state index is 0.0197. The zero-order valence-corrected chi connectivity index (χ0v) is 15.8. The van der Waals surface area contributed by atoms with Crippen molar-refractivity contribution in [3.63, 3.8) is 0 Å². The van der Waals surface area contributed by atoms with Crippen LogP contribution >= 0.6 is 0 Å². The number of halogens is 1.